The topological polar surface area (TPSA) is 104 Å². The van der Waals surface area contributed by atoms with Crippen LogP contribution in [0.15, 0.2) is 59.0 Å². The maximum atomic E-state index is 12.4. The molecule has 0 aliphatic carbocycles. The number of nitro groups is 1. The molecule has 0 saturated heterocycles. The summed E-state index contributed by atoms with van der Waals surface area (Å²) in [6, 6.07) is 12.9. The highest BCUT2D eigenvalue weighted by atomic mass is 35.5. The quantitative estimate of drug-likeness (QED) is 0.348. The number of hydrogen-bond acceptors (Lipinski definition) is 6. The first-order valence-corrected chi connectivity index (χ1v) is 9.17. The first-order valence-electron chi connectivity index (χ1n) is 8.79. The van der Waals surface area contributed by atoms with Gasteiger partial charge in [0.1, 0.15) is 30.5 Å². The summed E-state index contributed by atoms with van der Waals surface area (Å²) < 4.78 is 40.5. The third-order valence-corrected chi connectivity index (χ3v) is 4.03. The number of nitrogens with one attached hydrogen (secondary N) is 1. The number of alkyl halides is 2. The summed E-state index contributed by atoms with van der Waals surface area (Å²) in [6.07, 6.45) is -2.76. The van der Waals surface area contributed by atoms with Crippen molar-refractivity contribution in [1.82, 2.24) is 0 Å². The molecule has 0 spiro atoms. The zero-order valence-electron chi connectivity index (χ0n) is 15.7. The Morgan fingerprint density at radius 1 is 1.13 bits per heavy atom. The molecule has 11 heteroatoms. The Morgan fingerprint density at radius 2 is 1.94 bits per heavy atom. The van der Waals surface area contributed by atoms with Crippen LogP contribution in [0.1, 0.15) is 16.3 Å². The molecule has 1 heterocycles. The van der Waals surface area contributed by atoms with Crippen LogP contribution in [-0.2, 0) is 6.61 Å². The van der Waals surface area contributed by atoms with Gasteiger partial charge in [-0.1, -0.05) is 17.7 Å². The highest BCUT2D eigenvalue weighted by molar-refractivity contribution is 6.30. The molecule has 0 bridgehead atoms. The number of carbonyl (C=O) groups excluding carboxylic acids is 1. The van der Waals surface area contributed by atoms with Gasteiger partial charge in [-0.15, -0.1) is 0 Å². The average molecular weight is 453 g/mol. The largest absolute Gasteiger partial charge is 0.487 e. The van der Waals surface area contributed by atoms with E-state index in [-0.39, 0.29) is 23.8 Å². The van der Waals surface area contributed by atoms with E-state index in [1.165, 1.54) is 18.2 Å². The van der Waals surface area contributed by atoms with Crippen LogP contribution in [0, 0.1) is 10.1 Å². The fraction of sp³-hybridized carbons (Fsp3) is 0.150. The normalized spacial score (nSPS) is 10.7. The molecule has 2 aromatic carbocycles. The highest BCUT2D eigenvalue weighted by Gasteiger charge is 2.17. The molecule has 0 fully saturated rings. The molecule has 8 nitrogen and oxygen atoms in total. The van der Waals surface area contributed by atoms with Crippen molar-refractivity contribution >= 4 is 28.9 Å². The van der Waals surface area contributed by atoms with Gasteiger partial charge in [-0.3, -0.25) is 14.9 Å². The summed E-state index contributed by atoms with van der Waals surface area (Å²) in [4.78, 5) is 22.7. The number of rotatable bonds is 9. The van der Waals surface area contributed by atoms with Gasteiger partial charge in [0.25, 0.3) is 18.0 Å². The summed E-state index contributed by atoms with van der Waals surface area (Å²) in [5, 5.41) is 14.0. The van der Waals surface area contributed by atoms with Crippen LogP contribution in [0.4, 0.5) is 20.2 Å². The molecule has 0 aliphatic rings. The Hall–Kier alpha value is -3.66. The van der Waals surface area contributed by atoms with Crippen molar-refractivity contribution in [2.24, 2.45) is 0 Å². The number of anilines is 1. The number of hydrogen-bond donors (Lipinski definition) is 1. The number of non-ortho nitro benzene ring substituents is 1. The van der Waals surface area contributed by atoms with Crippen molar-refractivity contribution in [2.75, 3.05) is 11.9 Å². The summed E-state index contributed by atoms with van der Waals surface area (Å²) in [5.41, 5.74) is -0.450. The number of ether oxygens (including phenoxy) is 2. The number of benzene rings is 2. The summed E-state index contributed by atoms with van der Waals surface area (Å²) in [5.74, 6) is -0.0895. The van der Waals surface area contributed by atoms with Gasteiger partial charge in [-0.2, -0.15) is 0 Å². The number of nitrogens with zero attached hydrogens (tertiary/aromatic N) is 1. The van der Waals surface area contributed by atoms with Gasteiger partial charge in [-0.05, 0) is 30.3 Å². The number of amides is 1. The van der Waals surface area contributed by atoms with Crippen LogP contribution in [0.3, 0.4) is 0 Å². The molecular formula is C20H15ClF2N2O6. The Balaban J connectivity index is 1.67. The number of nitro benzene ring substituents is 1. The summed E-state index contributed by atoms with van der Waals surface area (Å²) in [6.45, 7) is -0.904. The summed E-state index contributed by atoms with van der Waals surface area (Å²) >= 11 is 5.88. The molecule has 162 valence electrons. The van der Waals surface area contributed by atoms with Gasteiger partial charge >= 0.3 is 0 Å². The third-order valence-electron chi connectivity index (χ3n) is 3.80. The van der Waals surface area contributed by atoms with Crippen molar-refractivity contribution in [3.05, 3.63) is 81.3 Å². The fourth-order valence-electron chi connectivity index (χ4n) is 2.48. The van der Waals surface area contributed by atoms with E-state index in [1.54, 1.807) is 24.3 Å². The average Bonchev–Trinajstić information content (AvgIpc) is 3.20. The van der Waals surface area contributed by atoms with Crippen LogP contribution < -0.4 is 14.8 Å². The molecule has 3 aromatic rings. The minimum Gasteiger partial charge on any atom is -0.487 e. The molecule has 31 heavy (non-hydrogen) atoms. The van der Waals surface area contributed by atoms with E-state index in [0.717, 1.165) is 12.1 Å². The van der Waals surface area contributed by atoms with Crippen molar-refractivity contribution in [1.29, 1.82) is 0 Å². The monoisotopic (exact) mass is 452 g/mol. The smallest absolute Gasteiger partial charge is 0.291 e. The van der Waals surface area contributed by atoms with Crippen LogP contribution in [0.25, 0.3) is 0 Å². The summed E-state index contributed by atoms with van der Waals surface area (Å²) in [7, 11) is 0. The molecule has 0 unspecified atom stereocenters. The van der Waals surface area contributed by atoms with Crippen LogP contribution in [0.5, 0.6) is 11.5 Å². The van der Waals surface area contributed by atoms with Crippen molar-refractivity contribution < 1.29 is 32.4 Å². The minimum atomic E-state index is -2.76. The maximum absolute atomic E-state index is 12.4. The van der Waals surface area contributed by atoms with E-state index >= 15 is 0 Å². The third kappa shape index (κ3) is 6.41. The number of carbonyl (C=O) groups is 1. The first kappa shape index (κ1) is 22.0. The Kier molecular flexibility index (Phi) is 7.03. The zero-order valence-corrected chi connectivity index (χ0v) is 16.5. The van der Waals surface area contributed by atoms with Gasteiger partial charge in [0.05, 0.1) is 16.7 Å². The number of furan rings is 1. The van der Waals surface area contributed by atoms with E-state index in [2.05, 4.69) is 5.32 Å². The second kappa shape index (κ2) is 9.90. The molecule has 0 radical (unpaired) electrons. The molecule has 1 amide bonds. The Morgan fingerprint density at radius 3 is 2.65 bits per heavy atom. The van der Waals surface area contributed by atoms with Gasteiger partial charge in [0.2, 0.25) is 0 Å². The zero-order chi connectivity index (χ0) is 22.4. The Bertz CT molecular complexity index is 1090. The van der Waals surface area contributed by atoms with Crippen molar-refractivity contribution in [3.8, 4) is 11.5 Å². The Labute approximate surface area is 179 Å². The van der Waals surface area contributed by atoms with Crippen LogP contribution in [0.2, 0.25) is 5.02 Å². The second-order valence-electron chi connectivity index (χ2n) is 6.14. The molecule has 0 saturated carbocycles. The van der Waals surface area contributed by atoms with E-state index in [9.17, 15) is 23.7 Å². The highest BCUT2D eigenvalue weighted by Crippen LogP contribution is 2.27. The van der Waals surface area contributed by atoms with Crippen molar-refractivity contribution in [3.63, 3.8) is 0 Å². The SMILES string of the molecule is O=C(Nc1cc(OCC(F)F)cc([N+](=O)[O-])c1)c1ccc(COc2cccc(Cl)c2)o1. The second-order valence-corrected chi connectivity index (χ2v) is 6.58. The van der Waals surface area contributed by atoms with Gasteiger partial charge < -0.3 is 19.2 Å². The van der Waals surface area contributed by atoms with Gasteiger partial charge in [0.15, 0.2) is 5.76 Å². The predicted octanol–water partition coefficient (Wildman–Crippen LogP) is 5.32. The van der Waals surface area contributed by atoms with Crippen molar-refractivity contribution in [2.45, 2.75) is 13.0 Å². The predicted molar refractivity (Wildman–Crippen MR) is 107 cm³/mol. The van der Waals surface area contributed by atoms with Crippen LogP contribution >= 0.6 is 11.6 Å². The molecule has 0 aliphatic heterocycles. The fourth-order valence-corrected chi connectivity index (χ4v) is 2.67. The van der Waals surface area contributed by atoms with E-state index in [4.69, 9.17) is 25.5 Å². The molecule has 0 atom stereocenters. The molecule has 3 rings (SSSR count). The first-order chi connectivity index (χ1) is 14.8. The molecule has 1 N–H and O–H groups in total. The van der Waals surface area contributed by atoms with E-state index < -0.39 is 29.6 Å². The maximum Gasteiger partial charge on any atom is 0.291 e. The lowest BCUT2D eigenvalue weighted by Crippen LogP contribution is -2.12. The van der Waals surface area contributed by atoms with E-state index in [1.807, 2.05) is 0 Å². The lowest BCUT2D eigenvalue weighted by Gasteiger charge is -2.09. The number of halogens is 3. The molecular weight excluding hydrogens is 438 g/mol. The van der Waals surface area contributed by atoms with Gasteiger partial charge in [0, 0.05) is 17.2 Å². The molecule has 1 aromatic heterocycles. The van der Waals surface area contributed by atoms with Gasteiger partial charge in [-0.25, -0.2) is 8.78 Å². The lowest BCUT2D eigenvalue weighted by molar-refractivity contribution is -0.384. The standard InChI is InChI=1S/C20H15ClF2N2O6/c21-12-2-1-3-15(6-12)29-10-16-4-5-18(31-16)20(26)24-13-7-14(25(27)28)9-17(8-13)30-11-19(22)23/h1-9,19H,10-11H2,(H,24,26). The lowest BCUT2D eigenvalue weighted by atomic mass is 10.2. The van der Waals surface area contributed by atoms with E-state index in [0.29, 0.717) is 16.5 Å². The van der Waals surface area contributed by atoms with Crippen LogP contribution in [-0.4, -0.2) is 23.9 Å². The minimum absolute atomic E-state index is 0.0170.